The molecule has 1 aliphatic heterocycles. The van der Waals surface area contributed by atoms with Gasteiger partial charge in [-0.1, -0.05) is 13.8 Å². The zero-order valence-electron chi connectivity index (χ0n) is 27.0. The van der Waals surface area contributed by atoms with E-state index in [-0.39, 0.29) is 42.4 Å². The number of nitrogens with two attached hydrogens (primary N) is 1. The predicted molar refractivity (Wildman–Crippen MR) is 173 cm³/mol. The average Bonchev–Trinajstić information content (AvgIpc) is 3.53. The highest BCUT2D eigenvalue weighted by molar-refractivity contribution is 7.81. The molecule has 1 saturated heterocycles. The van der Waals surface area contributed by atoms with Gasteiger partial charge in [0.15, 0.2) is 17.7 Å². The zero-order chi connectivity index (χ0) is 37.9. The number of imidazole rings is 1. The lowest BCUT2D eigenvalue weighted by Gasteiger charge is -2.30. The van der Waals surface area contributed by atoms with E-state index >= 15 is 0 Å². The summed E-state index contributed by atoms with van der Waals surface area (Å²) in [6.45, 7) is 4.23. The van der Waals surface area contributed by atoms with E-state index in [1.54, 1.807) is 13.8 Å². The van der Waals surface area contributed by atoms with Crippen molar-refractivity contribution in [2.75, 3.05) is 32.0 Å². The van der Waals surface area contributed by atoms with Gasteiger partial charge in [-0.3, -0.25) is 27.7 Å². The van der Waals surface area contributed by atoms with Crippen molar-refractivity contribution in [2.45, 2.75) is 69.5 Å². The third-order valence-electron chi connectivity index (χ3n) is 6.80. The molecule has 0 radical (unpaired) electrons. The van der Waals surface area contributed by atoms with E-state index in [0.29, 0.717) is 0 Å². The van der Waals surface area contributed by atoms with E-state index in [2.05, 4.69) is 47.0 Å². The molecule has 0 aromatic carbocycles. The maximum atomic E-state index is 12.6. The van der Waals surface area contributed by atoms with Gasteiger partial charge in [0.1, 0.15) is 36.3 Å². The summed E-state index contributed by atoms with van der Waals surface area (Å²) in [5.41, 5.74) is 4.29. The van der Waals surface area contributed by atoms with Crippen molar-refractivity contribution in [3.8, 4) is 0 Å². The van der Waals surface area contributed by atoms with Crippen LogP contribution >= 0.6 is 36.1 Å². The molecule has 284 valence electrons. The van der Waals surface area contributed by atoms with Gasteiger partial charge in [-0.25, -0.2) is 28.6 Å². The molecule has 1 fully saturated rings. The number of aliphatic hydroxyl groups is 2. The topological polar surface area (TPSA) is 347 Å². The summed E-state index contributed by atoms with van der Waals surface area (Å²) in [6, 6.07) is 0. The Morgan fingerprint density at radius 3 is 2.34 bits per heavy atom. The van der Waals surface area contributed by atoms with Crippen LogP contribution in [-0.2, 0) is 45.9 Å². The fourth-order valence-corrected chi connectivity index (χ4v) is 7.16. The predicted octanol–water partition coefficient (Wildman–Crippen LogP) is -0.887. The number of rotatable bonds is 18. The van der Waals surface area contributed by atoms with E-state index in [4.69, 9.17) is 19.5 Å². The first-order valence-electron chi connectivity index (χ1n) is 14.4. The Bertz CT molecular complexity index is 1670. The number of nitrogens with zero attached hydrogens (tertiary/aromatic N) is 4. The lowest BCUT2D eigenvalue weighted by molar-refractivity contribution is -0.137. The van der Waals surface area contributed by atoms with E-state index in [9.17, 15) is 53.1 Å². The molecule has 2 aromatic heterocycles. The van der Waals surface area contributed by atoms with Crippen molar-refractivity contribution >= 4 is 64.9 Å². The van der Waals surface area contributed by atoms with E-state index in [0.717, 1.165) is 17.2 Å². The summed E-state index contributed by atoms with van der Waals surface area (Å²) in [5, 5.41) is 26.3. The largest absolute Gasteiger partial charge is 0.481 e. The second kappa shape index (κ2) is 16.3. The maximum absolute atomic E-state index is 12.6. The Balaban J connectivity index is 1.58. The third-order valence-corrected chi connectivity index (χ3v) is 10.1. The van der Waals surface area contributed by atoms with E-state index in [1.165, 1.54) is 13.8 Å². The molecule has 27 heteroatoms. The first-order valence-corrected chi connectivity index (χ1v) is 19.4. The minimum atomic E-state index is -5.55. The minimum Gasteiger partial charge on any atom is -0.386 e. The molecule has 50 heavy (non-hydrogen) atoms. The Hall–Kier alpha value is -2.11. The Morgan fingerprint density at radius 2 is 1.72 bits per heavy atom. The molecule has 7 unspecified atom stereocenters. The maximum Gasteiger partial charge on any atom is 0.481 e. The van der Waals surface area contributed by atoms with Crippen LogP contribution in [0, 0.1) is 5.41 Å². The lowest BCUT2D eigenvalue weighted by atomic mass is 9.87. The number of nitrogen functional groups attached to an aromatic ring is 1. The fourth-order valence-electron chi connectivity index (χ4n) is 4.25. The number of hydrogen-bond donors (Lipinski definition) is 10. The molecule has 1 aliphatic rings. The van der Waals surface area contributed by atoms with Crippen LogP contribution in [-0.4, -0.2) is 117 Å². The van der Waals surface area contributed by atoms with Crippen LogP contribution in [0.15, 0.2) is 12.7 Å². The Morgan fingerprint density at radius 1 is 1.08 bits per heavy atom. The number of carbonyl (C=O) groups excluding carboxylic acids is 2. The quantitative estimate of drug-likeness (QED) is 0.0646. The van der Waals surface area contributed by atoms with Crippen molar-refractivity contribution in [1.82, 2.24) is 30.2 Å². The van der Waals surface area contributed by atoms with Crippen LogP contribution in [0.4, 0.5) is 5.82 Å². The summed E-state index contributed by atoms with van der Waals surface area (Å²) in [6.07, 6.45) is -6.78. The molecule has 0 aliphatic carbocycles. The fraction of sp³-hybridized carbons (Fsp3) is 0.696. The summed E-state index contributed by atoms with van der Waals surface area (Å²) < 4.78 is 61.4. The molecule has 0 bridgehead atoms. The number of aliphatic hydroxyl groups excluding tert-OH is 2. The second-order valence-corrected chi connectivity index (χ2v) is 17.8. The SMILES string of the molecule is CC(C)(S)CNC(=O)CCNC(=O)C(O)C(C)(C)COP(=O)(O)OP(=O)(O)OCC1OC(n2cnc3c(N)ncnc32)C(O)C1OP(=O)(O)O. The van der Waals surface area contributed by atoms with Crippen LogP contribution in [0.3, 0.4) is 0 Å². The van der Waals surface area contributed by atoms with Gasteiger partial charge in [0.05, 0.1) is 19.5 Å². The number of anilines is 1. The van der Waals surface area contributed by atoms with Crippen molar-refractivity contribution in [1.29, 1.82) is 0 Å². The number of aromatic nitrogens is 4. The number of phosphoric ester groups is 3. The van der Waals surface area contributed by atoms with Crippen molar-refractivity contribution in [3.05, 3.63) is 12.7 Å². The molecular weight excluding hydrogens is 755 g/mol. The number of hydrogen-bond acceptors (Lipinski definition) is 17. The van der Waals surface area contributed by atoms with E-state index < -0.39 is 83.4 Å². The standard InChI is InChI=1S/C23H40N7O16P3S/c1-22(2,17(33)20(34)25-6-5-13(31)26-8-23(3,4)50)9-43-49(40,41)46-48(38,39)42-7-12-16(45-47(35,36)37)15(32)21(44-12)30-11-29-14-18(24)27-10-28-19(14)30/h10-12,15-17,21,32-33,50H,5-9H2,1-4H3,(H,25,34)(H,26,31)(H,38,39)(H,40,41)(H2,24,27,28)(H2,35,36,37). The monoisotopic (exact) mass is 795 g/mol. The van der Waals surface area contributed by atoms with Crippen LogP contribution < -0.4 is 16.4 Å². The van der Waals surface area contributed by atoms with Crippen molar-refractivity contribution < 1.29 is 75.7 Å². The van der Waals surface area contributed by atoms with Crippen LogP contribution in [0.2, 0.25) is 0 Å². The van der Waals surface area contributed by atoms with Gasteiger partial charge in [0, 0.05) is 29.7 Å². The molecule has 23 nitrogen and oxygen atoms in total. The van der Waals surface area contributed by atoms with Crippen LogP contribution in [0.25, 0.3) is 11.2 Å². The highest BCUT2D eigenvalue weighted by atomic mass is 32.1. The minimum absolute atomic E-state index is 0.0367. The molecule has 0 saturated carbocycles. The van der Waals surface area contributed by atoms with E-state index in [1.807, 2.05) is 0 Å². The molecule has 2 amide bonds. The first-order chi connectivity index (χ1) is 22.8. The number of nitrogens with one attached hydrogen (secondary N) is 2. The summed E-state index contributed by atoms with van der Waals surface area (Å²) >= 11 is 4.28. The van der Waals surface area contributed by atoms with Gasteiger partial charge in [0.2, 0.25) is 11.8 Å². The average molecular weight is 796 g/mol. The molecular formula is C23H40N7O16P3S. The number of carbonyl (C=O) groups is 2. The molecule has 3 rings (SSSR count). The number of fused-ring (bicyclic) bond motifs is 1. The van der Waals surface area contributed by atoms with Crippen LogP contribution in [0.1, 0.15) is 40.3 Å². The van der Waals surface area contributed by atoms with Gasteiger partial charge >= 0.3 is 23.5 Å². The molecule has 7 atom stereocenters. The van der Waals surface area contributed by atoms with Crippen molar-refractivity contribution in [2.24, 2.45) is 5.41 Å². The molecule has 10 N–H and O–H groups in total. The first kappa shape index (κ1) is 42.3. The Labute approximate surface area is 290 Å². The van der Waals surface area contributed by atoms with Gasteiger partial charge in [-0.15, -0.1) is 0 Å². The zero-order valence-corrected chi connectivity index (χ0v) is 30.6. The highest BCUT2D eigenvalue weighted by Gasteiger charge is 2.50. The van der Waals surface area contributed by atoms with Crippen LogP contribution in [0.5, 0.6) is 0 Å². The molecule has 2 aromatic rings. The van der Waals surface area contributed by atoms with Gasteiger partial charge in [0.25, 0.3) is 0 Å². The van der Waals surface area contributed by atoms with Gasteiger partial charge in [-0.05, 0) is 13.8 Å². The van der Waals surface area contributed by atoms with Gasteiger partial charge in [-0.2, -0.15) is 16.9 Å². The lowest BCUT2D eigenvalue weighted by Crippen LogP contribution is -2.46. The summed E-state index contributed by atoms with van der Waals surface area (Å²) in [5.74, 6) is -1.37. The second-order valence-electron chi connectivity index (χ2n) is 12.3. The van der Waals surface area contributed by atoms with Gasteiger partial charge < -0.3 is 50.9 Å². The Kier molecular flexibility index (Phi) is 13.8. The third kappa shape index (κ3) is 12.2. The number of ether oxygens (including phenoxy) is 1. The van der Waals surface area contributed by atoms with Crippen molar-refractivity contribution in [3.63, 3.8) is 0 Å². The number of amides is 2. The molecule has 3 heterocycles. The highest BCUT2D eigenvalue weighted by Crippen LogP contribution is 2.61. The summed E-state index contributed by atoms with van der Waals surface area (Å²) in [7, 11) is -16.3. The molecule has 0 spiro atoms. The normalized spacial score (nSPS) is 23.3. The summed E-state index contributed by atoms with van der Waals surface area (Å²) in [4.78, 5) is 75.1. The smallest absolute Gasteiger partial charge is 0.386 e. The number of phosphoric acid groups is 3. The number of thiol groups is 1.